The monoisotopic (exact) mass is 298 g/mol. The normalized spacial score (nSPS) is 28.4. The maximum atomic E-state index is 12.5. The van der Waals surface area contributed by atoms with Gasteiger partial charge in [0, 0.05) is 20.2 Å². The number of carbonyl (C=O) groups excluding carboxylic acids is 1. The van der Waals surface area contributed by atoms with E-state index in [9.17, 15) is 9.59 Å². The van der Waals surface area contributed by atoms with Crippen LogP contribution in [-0.4, -0.2) is 53.8 Å². The number of amides is 2. The van der Waals surface area contributed by atoms with Crippen LogP contribution in [0, 0.1) is 5.92 Å². The van der Waals surface area contributed by atoms with E-state index >= 15 is 0 Å². The molecule has 0 aromatic heterocycles. The zero-order chi connectivity index (χ0) is 15.5. The molecule has 0 aromatic rings. The number of rotatable bonds is 4. The first-order valence-electron chi connectivity index (χ1n) is 7.77. The highest BCUT2D eigenvalue weighted by Gasteiger charge is 2.39. The van der Waals surface area contributed by atoms with E-state index in [2.05, 4.69) is 12.2 Å². The highest BCUT2D eigenvalue weighted by molar-refractivity contribution is 5.77. The minimum atomic E-state index is -0.848. The summed E-state index contributed by atoms with van der Waals surface area (Å²) in [6, 6.07) is -0.146. The summed E-state index contributed by atoms with van der Waals surface area (Å²) in [6.07, 6.45) is 4.44. The number of carbonyl (C=O) groups is 2. The van der Waals surface area contributed by atoms with Crippen LogP contribution in [0.4, 0.5) is 4.79 Å². The van der Waals surface area contributed by atoms with Crippen molar-refractivity contribution in [3.05, 3.63) is 0 Å². The molecule has 1 saturated carbocycles. The lowest BCUT2D eigenvalue weighted by atomic mass is 9.93. The fraction of sp³-hybridized carbons (Fsp3) is 0.867. The molecule has 2 amide bonds. The first kappa shape index (κ1) is 16.1. The second-order valence-corrected chi connectivity index (χ2v) is 6.47. The van der Waals surface area contributed by atoms with Gasteiger partial charge in [0.05, 0.1) is 18.1 Å². The molecule has 1 aliphatic carbocycles. The summed E-state index contributed by atoms with van der Waals surface area (Å²) in [5.41, 5.74) is -0.561. The van der Waals surface area contributed by atoms with E-state index in [1.54, 1.807) is 12.0 Å². The number of carboxylic acids is 1. The number of ether oxygens (including phenoxy) is 1. The molecule has 0 spiro atoms. The van der Waals surface area contributed by atoms with E-state index < -0.39 is 11.5 Å². The summed E-state index contributed by atoms with van der Waals surface area (Å²) >= 11 is 0. The summed E-state index contributed by atoms with van der Waals surface area (Å²) < 4.78 is 5.43. The minimum Gasteiger partial charge on any atom is -0.481 e. The quantitative estimate of drug-likeness (QED) is 0.830. The predicted molar refractivity (Wildman–Crippen MR) is 78.1 cm³/mol. The average molecular weight is 298 g/mol. The molecule has 1 heterocycles. The zero-order valence-electron chi connectivity index (χ0n) is 12.9. The molecule has 2 aliphatic rings. The van der Waals surface area contributed by atoms with Crippen LogP contribution < -0.4 is 5.32 Å². The minimum absolute atomic E-state index is 0.0106. The van der Waals surface area contributed by atoms with Gasteiger partial charge in [0.1, 0.15) is 0 Å². The molecule has 120 valence electrons. The number of carboxylic acid groups (broad SMARTS) is 1. The van der Waals surface area contributed by atoms with Gasteiger partial charge in [-0.1, -0.05) is 19.8 Å². The number of piperidine rings is 1. The van der Waals surface area contributed by atoms with Crippen molar-refractivity contribution < 1.29 is 19.4 Å². The van der Waals surface area contributed by atoms with Gasteiger partial charge in [0.15, 0.2) is 0 Å². The fourth-order valence-corrected chi connectivity index (χ4v) is 3.52. The Balaban J connectivity index is 1.97. The van der Waals surface area contributed by atoms with Gasteiger partial charge in [-0.2, -0.15) is 0 Å². The number of methoxy groups -OCH3 is 1. The Labute approximate surface area is 125 Å². The van der Waals surface area contributed by atoms with Gasteiger partial charge in [-0.05, 0) is 25.2 Å². The standard InChI is InChI=1S/C15H26N2O4/c1-11-5-8-17(10-12(11)21-2)14(20)16-15(9-13(18)19)6-3-4-7-15/h11-12H,3-10H2,1-2H3,(H,16,20)(H,18,19). The van der Waals surface area contributed by atoms with Crippen LogP contribution in [0.2, 0.25) is 0 Å². The van der Waals surface area contributed by atoms with Gasteiger partial charge < -0.3 is 20.1 Å². The molecule has 2 N–H and O–H groups in total. The van der Waals surface area contributed by atoms with Gasteiger partial charge in [0.2, 0.25) is 0 Å². The Morgan fingerprint density at radius 2 is 2.05 bits per heavy atom. The van der Waals surface area contributed by atoms with Crippen molar-refractivity contribution in [2.75, 3.05) is 20.2 Å². The average Bonchev–Trinajstić information content (AvgIpc) is 2.86. The Morgan fingerprint density at radius 3 is 2.62 bits per heavy atom. The molecule has 2 fully saturated rings. The van der Waals surface area contributed by atoms with Gasteiger partial charge >= 0.3 is 12.0 Å². The second-order valence-electron chi connectivity index (χ2n) is 6.47. The van der Waals surface area contributed by atoms with Crippen LogP contribution in [0.3, 0.4) is 0 Å². The first-order valence-corrected chi connectivity index (χ1v) is 7.77. The number of aliphatic carboxylic acids is 1. The maximum Gasteiger partial charge on any atom is 0.317 e. The summed E-state index contributed by atoms with van der Waals surface area (Å²) in [7, 11) is 1.67. The van der Waals surface area contributed by atoms with Crippen molar-refractivity contribution in [3.63, 3.8) is 0 Å². The number of urea groups is 1. The van der Waals surface area contributed by atoms with E-state index in [0.717, 1.165) is 32.1 Å². The van der Waals surface area contributed by atoms with Crippen LogP contribution in [0.1, 0.15) is 45.4 Å². The van der Waals surface area contributed by atoms with Gasteiger partial charge in [-0.3, -0.25) is 4.79 Å². The Morgan fingerprint density at radius 1 is 1.38 bits per heavy atom. The number of likely N-dealkylation sites (tertiary alicyclic amines) is 1. The molecule has 1 saturated heterocycles. The summed E-state index contributed by atoms with van der Waals surface area (Å²) in [5.74, 6) is -0.405. The van der Waals surface area contributed by atoms with E-state index in [1.165, 1.54) is 0 Å². The molecule has 21 heavy (non-hydrogen) atoms. The summed E-state index contributed by atoms with van der Waals surface area (Å²) in [4.78, 5) is 25.3. The van der Waals surface area contributed by atoms with Crippen molar-refractivity contribution in [2.24, 2.45) is 5.92 Å². The fourth-order valence-electron chi connectivity index (χ4n) is 3.52. The molecule has 0 aromatic carbocycles. The number of nitrogens with zero attached hydrogens (tertiary/aromatic N) is 1. The summed E-state index contributed by atoms with van der Waals surface area (Å²) in [5, 5.41) is 12.1. The van der Waals surface area contributed by atoms with E-state index in [-0.39, 0.29) is 18.6 Å². The lowest BCUT2D eigenvalue weighted by molar-refractivity contribution is -0.138. The van der Waals surface area contributed by atoms with Crippen molar-refractivity contribution >= 4 is 12.0 Å². The topological polar surface area (TPSA) is 78.9 Å². The molecular formula is C15H26N2O4. The number of hydrogen-bond acceptors (Lipinski definition) is 3. The Hall–Kier alpha value is -1.30. The largest absolute Gasteiger partial charge is 0.481 e. The van der Waals surface area contributed by atoms with Crippen molar-refractivity contribution in [1.29, 1.82) is 0 Å². The maximum absolute atomic E-state index is 12.5. The van der Waals surface area contributed by atoms with Crippen LogP contribution in [0.5, 0.6) is 0 Å². The second kappa shape index (κ2) is 6.64. The lowest BCUT2D eigenvalue weighted by Crippen LogP contribution is -2.56. The third-order valence-electron chi connectivity index (χ3n) is 4.90. The van der Waals surface area contributed by atoms with Crippen LogP contribution in [0.15, 0.2) is 0 Å². The smallest absolute Gasteiger partial charge is 0.317 e. The molecular weight excluding hydrogens is 272 g/mol. The van der Waals surface area contributed by atoms with Crippen molar-refractivity contribution in [3.8, 4) is 0 Å². The molecule has 2 unspecified atom stereocenters. The third kappa shape index (κ3) is 3.87. The SMILES string of the molecule is COC1CN(C(=O)NC2(CC(=O)O)CCCC2)CCC1C. The van der Waals surface area contributed by atoms with Crippen LogP contribution >= 0.6 is 0 Å². The van der Waals surface area contributed by atoms with E-state index in [4.69, 9.17) is 9.84 Å². The molecule has 2 atom stereocenters. The van der Waals surface area contributed by atoms with Crippen molar-refractivity contribution in [1.82, 2.24) is 10.2 Å². The zero-order valence-corrected chi connectivity index (χ0v) is 12.9. The van der Waals surface area contributed by atoms with Gasteiger partial charge in [0.25, 0.3) is 0 Å². The Bertz CT molecular complexity index is 393. The molecule has 1 aliphatic heterocycles. The highest BCUT2D eigenvalue weighted by atomic mass is 16.5. The third-order valence-corrected chi connectivity index (χ3v) is 4.90. The molecule has 0 radical (unpaired) electrons. The van der Waals surface area contributed by atoms with Crippen LogP contribution in [0.25, 0.3) is 0 Å². The predicted octanol–water partition coefficient (Wildman–Crippen LogP) is 1.84. The number of hydrogen-bond donors (Lipinski definition) is 2. The van der Waals surface area contributed by atoms with Crippen LogP contribution in [-0.2, 0) is 9.53 Å². The first-order chi connectivity index (χ1) is 9.96. The molecule has 2 rings (SSSR count). The number of nitrogens with one attached hydrogen (secondary N) is 1. The lowest BCUT2D eigenvalue weighted by Gasteiger charge is -2.38. The van der Waals surface area contributed by atoms with E-state index in [1.807, 2.05) is 0 Å². The van der Waals surface area contributed by atoms with Crippen molar-refractivity contribution in [2.45, 2.75) is 57.1 Å². The molecule has 6 nitrogen and oxygen atoms in total. The molecule has 6 heteroatoms. The highest BCUT2D eigenvalue weighted by Crippen LogP contribution is 2.33. The van der Waals surface area contributed by atoms with Gasteiger partial charge in [-0.25, -0.2) is 4.79 Å². The van der Waals surface area contributed by atoms with E-state index in [0.29, 0.717) is 19.0 Å². The Kier molecular flexibility index (Phi) is 5.08. The van der Waals surface area contributed by atoms with Gasteiger partial charge in [-0.15, -0.1) is 0 Å². The summed E-state index contributed by atoms with van der Waals surface area (Å²) in [6.45, 7) is 3.41. The molecule has 0 bridgehead atoms.